The average molecular weight is 297 g/mol. The van der Waals surface area contributed by atoms with Gasteiger partial charge in [0.05, 0.1) is 10.5 Å². The number of rotatable bonds is 3. The van der Waals surface area contributed by atoms with E-state index in [0.29, 0.717) is 6.07 Å². The minimum absolute atomic E-state index is 0.148. The molecule has 0 atom stereocenters. The molecular weight excluding hydrogens is 288 g/mol. The number of hydrogen-bond donors (Lipinski definition) is 1. The van der Waals surface area contributed by atoms with E-state index >= 15 is 0 Å². The normalized spacial score (nSPS) is 11.1. The fraction of sp³-hybridized carbons (Fsp3) is 0. The molecule has 0 heterocycles. The van der Waals surface area contributed by atoms with Crippen LogP contribution in [0.3, 0.4) is 0 Å². The molecule has 0 bridgehead atoms. The first-order chi connectivity index (χ1) is 9.40. The SMILES string of the molecule is O=C(NS(=O)(=O)c1ccccc1)c1cc(F)ccc1F. The molecule has 2 aromatic rings. The first-order valence-electron chi connectivity index (χ1n) is 5.47. The van der Waals surface area contributed by atoms with Gasteiger partial charge in [-0.2, -0.15) is 0 Å². The smallest absolute Gasteiger partial charge is 0.268 e. The Morgan fingerprint density at radius 2 is 1.65 bits per heavy atom. The summed E-state index contributed by atoms with van der Waals surface area (Å²) in [6.45, 7) is 0. The van der Waals surface area contributed by atoms with Crippen LogP contribution in [0.15, 0.2) is 53.4 Å². The van der Waals surface area contributed by atoms with Crippen molar-refractivity contribution in [2.24, 2.45) is 0 Å². The molecule has 0 saturated carbocycles. The van der Waals surface area contributed by atoms with Gasteiger partial charge in [-0.15, -0.1) is 0 Å². The summed E-state index contributed by atoms with van der Waals surface area (Å²) in [5.74, 6) is -3.08. The van der Waals surface area contributed by atoms with Crippen molar-refractivity contribution in [3.8, 4) is 0 Å². The molecule has 0 radical (unpaired) electrons. The predicted octanol–water partition coefficient (Wildman–Crippen LogP) is 2.08. The lowest BCUT2D eigenvalue weighted by Crippen LogP contribution is -2.31. The highest BCUT2D eigenvalue weighted by molar-refractivity contribution is 7.90. The van der Waals surface area contributed by atoms with E-state index in [1.165, 1.54) is 24.3 Å². The Kier molecular flexibility index (Phi) is 3.80. The Bertz CT molecular complexity index is 745. The predicted molar refractivity (Wildman–Crippen MR) is 67.5 cm³/mol. The third-order valence-corrected chi connectivity index (χ3v) is 3.80. The number of carbonyl (C=O) groups excluding carboxylic acids is 1. The molecule has 0 spiro atoms. The number of carbonyl (C=O) groups is 1. The highest BCUT2D eigenvalue weighted by atomic mass is 32.2. The maximum atomic E-state index is 13.4. The number of nitrogens with one attached hydrogen (secondary N) is 1. The topological polar surface area (TPSA) is 63.2 Å². The molecule has 1 amide bonds. The molecule has 4 nitrogen and oxygen atoms in total. The fourth-order valence-electron chi connectivity index (χ4n) is 1.51. The lowest BCUT2D eigenvalue weighted by molar-refractivity contribution is 0.0977. The van der Waals surface area contributed by atoms with Crippen molar-refractivity contribution in [2.75, 3.05) is 0 Å². The molecule has 2 rings (SSSR count). The van der Waals surface area contributed by atoms with Crippen molar-refractivity contribution in [2.45, 2.75) is 4.90 Å². The van der Waals surface area contributed by atoms with Gasteiger partial charge in [0.15, 0.2) is 0 Å². The minimum Gasteiger partial charge on any atom is -0.268 e. The highest BCUT2D eigenvalue weighted by Gasteiger charge is 2.21. The van der Waals surface area contributed by atoms with E-state index in [0.717, 1.165) is 12.1 Å². The maximum Gasteiger partial charge on any atom is 0.268 e. The van der Waals surface area contributed by atoms with Gasteiger partial charge in [-0.1, -0.05) is 18.2 Å². The van der Waals surface area contributed by atoms with E-state index in [-0.39, 0.29) is 4.90 Å². The van der Waals surface area contributed by atoms with Crippen LogP contribution in [0.1, 0.15) is 10.4 Å². The summed E-state index contributed by atoms with van der Waals surface area (Å²) >= 11 is 0. The van der Waals surface area contributed by atoms with E-state index in [1.54, 1.807) is 10.8 Å². The van der Waals surface area contributed by atoms with Gasteiger partial charge in [-0.05, 0) is 30.3 Å². The van der Waals surface area contributed by atoms with Crippen LogP contribution in [-0.2, 0) is 10.0 Å². The molecule has 0 unspecified atom stereocenters. The molecule has 7 heteroatoms. The summed E-state index contributed by atoms with van der Waals surface area (Å²) in [6.07, 6.45) is 0. The van der Waals surface area contributed by atoms with Crippen molar-refractivity contribution in [1.29, 1.82) is 0 Å². The van der Waals surface area contributed by atoms with E-state index in [4.69, 9.17) is 0 Å². The number of halogens is 2. The molecule has 0 fully saturated rings. The quantitative estimate of drug-likeness (QED) is 0.943. The second-order valence-corrected chi connectivity index (χ2v) is 5.55. The zero-order valence-corrected chi connectivity index (χ0v) is 10.8. The first-order valence-corrected chi connectivity index (χ1v) is 6.96. The summed E-state index contributed by atoms with van der Waals surface area (Å²) in [5, 5.41) is 0. The molecule has 0 saturated heterocycles. The fourth-order valence-corrected chi connectivity index (χ4v) is 2.49. The van der Waals surface area contributed by atoms with Crippen LogP contribution in [0.2, 0.25) is 0 Å². The number of sulfonamides is 1. The molecule has 1 N–H and O–H groups in total. The molecular formula is C13H9F2NO3S. The summed E-state index contributed by atoms with van der Waals surface area (Å²) in [6, 6.07) is 9.31. The number of benzene rings is 2. The third-order valence-electron chi connectivity index (χ3n) is 2.45. The van der Waals surface area contributed by atoms with Crippen molar-refractivity contribution in [3.63, 3.8) is 0 Å². The van der Waals surface area contributed by atoms with Crippen LogP contribution in [0.5, 0.6) is 0 Å². The second kappa shape index (κ2) is 5.38. The second-order valence-electron chi connectivity index (χ2n) is 3.87. The maximum absolute atomic E-state index is 13.4. The Morgan fingerprint density at radius 3 is 2.30 bits per heavy atom. The van der Waals surface area contributed by atoms with E-state index < -0.39 is 33.1 Å². The van der Waals surface area contributed by atoms with Crippen LogP contribution >= 0.6 is 0 Å². The lowest BCUT2D eigenvalue weighted by Gasteiger charge is -2.07. The van der Waals surface area contributed by atoms with Crippen molar-refractivity contribution < 1.29 is 22.0 Å². The lowest BCUT2D eigenvalue weighted by atomic mass is 10.2. The molecule has 2 aromatic carbocycles. The van der Waals surface area contributed by atoms with Crippen LogP contribution in [-0.4, -0.2) is 14.3 Å². The largest absolute Gasteiger partial charge is 0.268 e. The van der Waals surface area contributed by atoms with Gasteiger partial charge in [-0.3, -0.25) is 4.79 Å². The van der Waals surface area contributed by atoms with Gasteiger partial charge in [0, 0.05) is 0 Å². The van der Waals surface area contributed by atoms with Crippen molar-refractivity contribution in [3.05, 3.63) is 65.7 Å². The monoisotopic (exact) mass is 297 g/mol. The van der Waals surface area contributed by atoms with E-state index in [1.807, 2.05) is 0 Å². The standard InChI is InChI=1S/C13H9F2NO3S/c14-9-6-7-12(15)11(8-9)13(17)16-20(18,19)10-4-2-1-3-5-10/h1-8H,(H,16,17). The number of amides is 1. The van der Waals surface area contributed by atoms with E-state index in [9.17, 15) is 22.0 Å². The number of hydrogen-bond acceptors (Lipinski definition) is 3. The van der Waals surface area contributed by atoms with Crippen LogP contribution in [0, 0.1) is 11.6 Å². The molecule has 0 aliphatic rings. The molecule has 0 aliphatic heterocycles. The Labute approximate surface area is 114 Å². The average Bonchev–Trinajstić information content (AvgIpc) is 2.42. The summed E-state index contributed by atoms with van der Waals surface area (Å²) in [5.41, 5.74) is -0.676. The molecule has 104 valence electrons. The van der Waals surface area contributed by atoms with Crippen molar-refractivity contribution in [1.82, 2.24) is 4.72 Å². The summed E-state index contributed by atoms with van der Waals surface area (Å²) in [7, 11) is -4.13. The minimum atomic E-state index is -4.13. The van der Waals surface area contributed by atoms with Gasteiger partial charge in [-0.25, -0.2) is 21.9 Å². The van der Waals surface area contributed by atoms with Crippen molar-refractivity contribution >= 4 is 15.9 Å². The zero-order valence-electron chi connectivity index (χ0n) is 10.0. The highest BCUT2D eigenvalue weighted by Crippen LogP contribution is 2.12. The van der Waals surface area contributed by atoms with Gasteiger partial charge in [0.2, 0.25) is 0 Å². The third kappa shape index (κ3) is 3.00. The first kappa shape index (κ1) is 14.1. The Morgan fingerprint density at radius 1 is 1.00 bits per heavy atom. The summed E-state index contributed by atoms with van der Waals surface area (Å²) < 4.78 is 51.8. The molecule has 20 heavy (non-hydrogen) atoms. The van der Waals surface area contributed by atoms with Crippen LogP contribution in [0.25, 0.3) is 0 Å². The molecule has 0 aliphatic carbocycles. The summed E-state index contributed by atoms with van der Waals surface area (Å²) in [4.78, 5) is 11.6. The van der Waals surface area contributed by atoms with Gasteiger partial charge in [0.25, 0.3) is 15.9 Å². The van der Waals surface area contributed by atoms with Crippen LogP contribution in [0.4, 0.5) is 8.78 Å². The van der Waals surface area contributed by atoms with Gasteiger partial charge >= 0.3 is 0 Å². The Hall–Kier alpha value is -2.28. The molecule has 0 aromatic heterocycles. The van der Waals surface area contributed by atoms with Crippen LogP contribution < -0.4 is 4.72 Å². The van der Waals surface area contributed by atoms with E-state index in [2.05, 4.69) is 0 Å². The van der Waals surface area contributed by atoms with Gasteiger partial charge in [0.1, 0.15) is 11.6 Å². The zero-order chi connectivity index (χ0) is 14.8. The van der Waals surface area contributed by atoms with Gasteiger partial charge < -0.3 is 0 Å². The Balaban J connectivity index is 2.30.